The van der Waals surface area contributed by atoms with Crippen molar-refractivity contribution < 1.29 is 0 Å². The lowest BCUT2D eigenvalue weighted by Crippen LogP contribution is -2.20. The molecule has 0 nitrogen and oxygen atoms in total. The Hall–Kier alpha value is -0.0100. The maximum absolute atomic E-state index is 5.90. The van der Waals surface area contributed by atoms with Gasteiger partial charge in [-0.3, -0.25) is 0 Å². The van der Waals surface area contributed by atoms with Crippen molar-refractivity contribution in [1.29, 1.82) is 0 Å². The van der Waals surface area contributed by atoms with Crippen molar-refractivity contribution in [3.63, 3.8) is 0 Å². The fourth-order valence-electron chi connectivity index (χ4n) is 1.46. The van der Waals surface area contributed by atoms with Crippen LogP contribution in [0.25, 0.3) is 0 Å². The van der Waals surface area contributed by atoms with Gasteiger partial charge in [-0.2, -0.15) is 0 Å². The van der Waals surface area contributed by atoms with Crippen LogP contribution in [0.5, 0.6) is 0 Å². The van der Waals surface area contributed by atoms with Crippen LogP contribution in [-0.2, 0) is 5.41 Å². The van der Waals surface area contributed by atoms with Crippen molar-refractivity contribution in [1.82, 2.24) is 0 Å². The van der Waals surface area contributed by atoms with E-state index in [0.29, 0.717) is 0 Å². The predicted octanol–water partition coefficient (Wildman–Crippen LogP) is 4.32. The highest BCUT2D eigenvalue weighted by Crippen LogP contribution is 2.29. The average molecular weight is 262 g/mol. The molecule has 0 N–H and O–H groups in total. The molecule has 1 rings (SSSR count). The molecule has 0 aromatic heterocycles. The number of aryl methyl sites for hydroxylation is 1. The Kier molecular flexibility index (Phi) is 3.42. The zero-order valence-corrected chi connectivity index (χ0v) is 10.5. The van der Waals surface area contributed by atoms with E-state index in [1.165, 1.54) is 11.1 Å². The van der Waals surface area contributed by atoms with Crippen molar-refractivity contribution in [3.05, 3.63) is 34.3 Å². The molecule has 2 heteroatoms. The van der Waals surface area contributed by atoms with Crippen molar-refractivity contribution in [3.8, 4) is 0 Å². The van der Waals surface area contributed by atoms with Crippen molar-refractivity contribution in [2.45, 2.75) is 26.2 Å². The van der Waals surface area contributed by atoms with Crippen LogP contribution in [0.15, 0.2) is 18.2 Å². The van der Waals surface area contributed by atoms with Crippen LogP contribution < -0.4 is 0 Å². The first-order valence-corrected chi connectivity index (χ1v) is 5.80. The third-order valence-corrected chi connectivity index (χ3v) is 3.89. The topological polar surface area (TPSA) is 0 Å². The number of alkyl halides is 1. The molecule has 0 aliphatic carbocycles. The van der Waals surface area contributed by atoms with E-state index >= 15 is 0 Å². The van der Waals surface area contributed by atoms with E-state index in [9.17, 15) is 0 Å². The van der Waals surface area contributed by atoms with Gasteiger partial charge in [-0.25, -0.2) is 0 Å². The summed E-state index contributed by atoms with van der Waals surface area (Å²) in [5, 5.41) is 1.77. The minimum absolute atomic E-state index is 0.175. The summed E-state index contributed by atoms with van der Waals surface area (Å²) in [4.78, 5) is 0. The molecular formula is C11H14BrCl. The van der Waals surface area contributed by atoms with E-state index < -0.39 is 0 Å². The molecule has 0 fully saturated rings. The van der Waals surface area contributed by atoms with Crippen LogP contribution in [0, 0.1) is 6.92 Å². The van der Waals surface area contributed by atoms with E-state index in [0.717, 1.165) is 10.4 Å². The number of hydrogen-bond donors (Lipinski definition) is 0. The van der Waals surface area contributed by atoms with Crippen LogP contribution >= 0.6 is 27.5 Å². The zero-order chi connectivity index (χ0) is 10.1. The predicted molar refractivity (Wildman–Crippen MR) is 63.0 cm³/mol. The maximum Gasteiger partial charge on any atom is 0.0408 e. The Morgan fingerprint density at radius 2 is 2.00 bits per heavy atom. The molecule has 0 unspecified atom stereocenters. The minimum Gasteiger partial charge on any atom is -0.0919 e. The van der Waals surface area contributed by atoms with Gasteiger partial charge in [0, 0.05) is 10.4 Å². The molecule has 0 bridgehead atoms. The fourth-order valence-corrected chi connectivity index (χ4v) is 1.99. The van der Waals surface area contributed by atoms with Gasteiger partial charge in [0.2, 0.25) is 0 Å². The third-order valence-electron chi connectivity index (χ3n) is 2.25. The zero-order valence-electron chi connectivity index (χ0n) is 8.20. The minimum atomic E-state index is 0.175. The lowest BCUT2D eigenvalue weighted by molar-refractivity contribution is 0.602. The van der Waals surface area contributed by atoms with Gasteiger partial charge < -0.3 is 0 Å². The second-order valence-electron chi connectivity index (χ2n) is 3.98. The Bertz CT molecular complexity index is 305. The van der Waals surface area contributed by atoms with E-state index in [2.05, 4.69) is 42.8 Å². The highest BCUT2D eigenvalue weighted by molar-refractivity contribution is 9.09. The molecule has 13 heavy (non-hydrogen) atoms. The molecule has 0 atom stereocenters. The van der Waals surface area contributed by atoms with E-state index in [4.69, 9.17) is 11.6 Å². The van der Waals surface area contributed by atoms with Gasteiger partial charge >= 0.3 is 0 Å². The quantitative estimate of drug-likeness (QED) is 0.696. The summed E-state index contributed by atoms with van der Waals surface area (Å²) in [5.74, 6) is 0. The number of benzene rings is 1. The van der Waals surface area contributed by atoms with Crippen LogP contribution in [0.1, 0.15) is 25.0 Å². The van der Waals surface area contributed by atoms with Crippen LogP contribution in [0.4, 0.5) is 0 Å². The molecular weight excluding hydrogens is 247 g/mol. The summed E-state index contributed by atoms with van der Waals surface area (Å²) in [6, 6.07) is 6.08. The largest absolute Gasteiger partial charge is 0.0919 e. The summed E-state index contributed by atoms with van der Waals surface area (Å²) in [7, 11) is 0. The van der Waals surface area contributed by atoms with E-state index in [1.807, 2.05) is 12.1 Å². The van der Waals surface area contributed by atoms with Gasteiger partial charge in [0.1, 0.15) is 0 Å². The molecule has 0 radical (unpaired) electrons. The summed E-state index contributed by atoms with van der Waals surface area (Å²) in [6.07, 6.45) is 0. The van der Waals surface area contributed by atoms with Gasteiger partial charge in [-0.1, -0.05) is 47.4 Å². The molecule has 72 valence electrons. The molecule has 0 heterocycles. The highest BCUT2D eigenvalue weighted by Gasteiger charge is 2.20. The second-order valence-corrected chi connectivity index (χ2v) is 4.97. The van der Waals surface area contributed by atoms with Gasteiger partial charge in [-0.15, -0.1) is 0 Å². The molecule has 0 aliphatic heterocycles. The molecule has 0 amide bonds. The van der Waals surface area contributed by atoms with Gasteiger partial charge in [0.15, 0.2) is 0 Å². The summed E-state index contributed by atoms with van der Waals surface area (Å²) in [6.45, 7) is 6.54. The first-order valence-electron chi connectivity index (χ1n) is 4.30. The maximum atomic E-state index is 5.90. The number of hydrogen-bond acceptors (Lipinski definition) is 0. The standard InChI is InChI=1S/C11H14BrCl/c1-8-6-9(13)4-5-10(8)11(2,3)7-12/h4-6H,7H2,1-3H3. The number of rotatable bonds is 2. The average Bonchev–Trinajstić information content (AvgIpc) is 2.03. The summed E-state index contributed by atoms with van der Waals surface area (Å²) < 4.78 is 0. The van der Waals surface area contributed by atoms with Gasteiger partial charge in [-0.05, 0) is 35.6 Å². The molecule has 0 spiro atoms. The SMILES string of the molecule is Cc1cc(Cl)ccc1C(C)(C)CBr. The Balaban J connectivity index is 3.16. The Morgan fingerprint density at radius 3 is 2.46 bits per heavy atom. The fraction of sp³-hybridized carbons (Fsp3) is 0.455. The highest BCUT2D eigenvalue weighted by atomic mass is 79.9. The second kappa shape index (κ2) is 4.02. The number of halogens is 2. The lowest BCUT2D eigenvalue weighted by atomic mass is 9.84. The van der Waals surface area contributed by atoms with Crippen molar-refractivity contribution >= 4 is 27.5 Å². The molecule has 0 saturated heterocycles. The smallest absolute Gasteiger partial charge is 0.0408 e. The first kappa shape index (κ1) is 11.1. The monoisotopic (exact) mass is 260 g/mol. The summed E-state index contributed by atoms with van der Waals surface area (Å²) >= 11 is 9.43. The summed E-state index contributed by atoms with van der Waals surface area (Å²) in [5.41, 5.74) is 2.79. The van der Waals surface area contributed by atoms with E-state index in [-0.39, 0.29) is 5.41 Å². The van der Waals surface area contributed by atoms with Crippen molar-refractivity contribution in [2.24, 2.45) is 0 Å². The van der Waals surface area contributed by atoms with E-state index in [1.54, 1.807) is 0 Å². The third kappa shape index (κ3) is 2.47. The van der Waals surface area contributed by atoms with Crippen molar-refractivity contribution in [2.75, 3.05) is 5.33 Å². The van der Waals surface area contributed by atoms with Crippen LogP contribution in [0.3, 0.4) is 0 Å². The molecule has 0 aliphatic rings. The van der Waals surface area contributed by atoms with Crippen LogP contribution in [-0.4, -0.2) is 5.33 Å². The van der Waals surface area contributed by atoms with Gasteiger partial charge in [0.25, 0.3) is 0 Å². The Morgan fingerprint density at radius 1 is 1.38 bits per heavy atom. The molecule has 1 aromatic rings. The molecule has 0 saturated carbocycles. The first-order chi connectivity index (χ1) is 5.97. The Labute approximate surface area is 93.4 Å². The van der Waals surface area contributed by atoms with Crippen LogP contribution in [0.2, 0.25) is 5.02 Å². The molecule has 1 aromatic carbocycles. The van der Waals surface area contributed by atoms with Gasteiger partial charge in [0.05, 0.1) is 0 Å². The normalized spacial score (nSPS) is 11.8. The lowest BCUT2D eigenvalue weighted by Gasteiger charge is -2.24.